The van der Waals surface area contributed by atoms with Gasteiger partial charge in [-0.15, -0.1) is 0 Å². The van der Waals surface area contributed by atoms with E-state index in [2.05, 4.69) is 0 Å². The second-order valence-electron chi connectivity index (χ2n) is 5.04. The molecule has 1 aliphatic rings. The number of furan rings is 1. The van der Waals surface area contributed by atoms with Crippen LogP contribution in [0.5, 0.6) is 0 Å². The molecule has 1 aromatic heterocycles. The maximum Gasteiger partial charge on any atom is 0.289 e. The van der Waals surface area contributed by atoms with Gasteiger partial charge in [0.2, 0.25) is 0 Å². The van der Waals surface area contributed by atoms with Gasteiger partial charge < -0.3 is 15.1 Å². The summed E-state index contributed by atoms with van der Waals surface area (Å²) < 4.78 is 5.23. The summed E-state index contributed by atoms with van der Waals surface area (Å²) in [5.74, 6) is 0.621. The molecule has 0 bridgehead atoms. The molecular weight excluding hydrogens is 264 g/mol. The minimum atomic E-state index is -0.0836. The molecule has 2 rings (SSSR count). The largest absolute Gasteiger partial charge is 0.440 e. The van der Waals surface area contributed by atoms with Crippen molar-refractivity contribution in [3.63, 3.8) is 0 Å². The molecule has 0 radical (unpaired) electrons. The highest BCUT2D eigenvalue weighted by Crippen LogP contribution is 2.29. The smallest absolute Gasteiger partial charge is 0.289 e. The van der Waals surface area contributed by atoms with Crippen LogP contribution in [0.15, 0.2) is 16.5 Å². The first kappa shape index (κ1) is 14.4. The lowest BCUT2D eigenvalue weighted by Crippen LogP contribution is -2.47. The van der Waals surface area contributed by atoms with Crippen molar-refractivity contribution < 1.29 is 9.21 Å². The Bertz CT molecular complexity index is 433. The van der Waals surface area contributed by atoms with Gasteiger partial charge in [0.15, 0.2) is 11.0 Å². The molecule has 1 saturated carbocycles. The molecule has 1 amide bonds. The monoisotopic (exact) mass is 284 g/mol. The molecule has 4 nitrogen and oxygen atoms in total. The van der Waals surface area contributed by atoms with Crippen molar-refractivity contribution in [3.05, 3.63) is 23.1 Å². The zero-order valence-corrected chi connectivity index (χ0v) is 12.0. The Hall–Kier alpha value is -1.00. The van der Waals surface area contributed by atoms with E-state index < -0.39 is 0 Å². The van der Waals surface area contributed by atoms with E-state index in [0.29, 0.717) is 24.8 Å². The van der Waals surface area contributed by atoms with E-state index in [1.807, 2.05) is 11.8 Å². The second kappa shape index (κ2) is 6.44. The summed E-state index contributed by atoms with van der Waals surface area (Å²) in [5.41, 5.74) is 5.85. The van der Waals surface area contributed by atoms with Crippen molar-refractivity contribution >= 4 is 17.5 Å². The second-order valence-corrected chi connectivity index (χ2v) is 5.42. The molecule has 2 unspecified atom stereocenters. The molecule has 1 fully saturated rings. The number of carbonyl (C=O) groups is 1. The third-order valence-corrected chi connectivity index (χ3v) is 4.16. The van der Waals surface area contributed by atoms with Gasteiger partial charge in [-0.05, 0) is 56.0 Å². The first-order valence-electron chi connectivity index (χ1n) is 6.93. The SMILES string of the molecule is CCN(C(=O)c1ccc(Cl)o1)C1CCCCC1CN. The number of carbonyl (C=O) groups excluding carboxylic acids is 1. The van der Waals surface area contributed by atoms with Crippen LogP contribution < -0.4 is 5.73 Å². The van der Waals surface area contributed by atoms with Crippen molar-refractivity contribution in [1.29, 1.82) is 0 Å². The lowest BCUT2D eigenvalue weighted by Gasteiger charge is -2.38. The summed E-state index contributed by atoms with van der Waals surface area (Å²) in [7, 11) is 0. The van der Waals surface area contributed by atoms with Crippen molar-refractivity contribution in [2.45, 2.75) is 38.6 Å². The standard InChI is InChI=1S/C14H21ClN2O2/c1-2-17(11-6-4-3-5-10(11)9-16)14(18)12-7-8-13(15)19-12/h7-8,10-11H,2-6,9,16H2,1H3. The average molecular weight is 285 g/mol. The number of nitrogens with two attached hydrogens (primary N) is 1. The molecule has 2 atom stereocenters. The fraction of sp³-hybridized carbons (Fsp3) is 0.643. The number of amides is 1. The molecular formula is C14H21ClN2O2. The maximum absolute atomic E-state index is 12.5. The molecule has 0 aromatic carbocycles. The molecule has 0 spiro atoms. The zero-order valence-electron chi connectivity index (χ0n) is 11.3. The first-order valence-corrected chi connectivity index (χ1v) is 7.31. The van der Waals surface area contributed by atoms with Crippen LogP contribution in [-0.2, 0) is 0 Å². The predicted molar refractivity (Wildman–Crippen MR) is 75.2 cm³/mol. The quantitative estimate of drug-likeness (QED) is 0.925. The molecule has 1 aliphatic carbocycles. The summed E-state index contributed by atoms with van der Waals surface area (Å²) in [4.78, 5) is 14.4. The zero-order chi connectivity index (χ0) is 13.8. The number of halogens is 1. The lowest BCUT2D eigenvalue weighted by molar-refractivity contribution is 0.0529. The van der Waals surface area contributed by atoms with Crippen LogP contribution in [0.2, 0.25) is 5.22 Å². The Labute approximate surface area is 118 Å². The van der Waals surface area contributed by atoms with Crippen LogP contribution >= 0.6 is 11.6 Å². The fourth-order valence-electron chi connectivity index (χ4n) is 2.97. The molecule has 1 aromatic rings. The van der Waals surface area contributed by atoms with Gasteiger partial charge in [-0.3, -0.25) is 4.79 Å². The number of nitrogens with zero attached hydrogens (tertiary/aromatic N) is 1. The summed E-state index contributed by atoms with van der Waals surface area (Å²) in [6, 6.07) is 3.46. The Kier molecular flexibility index (Phi) is 4.88. The number of hydrogen-bond donors (Lipinski definition) is 1. The minimum Gasteiger partial charge on any atom is -0.440 e. The van der Waals surface area contributed by atoms with Gasteiger partial charge in [0.25, 0.3) is 5.91 Å². The fourth-order valence-corrected chi connectivity index (χ4v) is 3.12. The van der Waals surface area contributed by atoms with Crippen LogP contribution in [0, 0.1) is 5.92 Å². The number of rotatable bonds is 4. The summed E-state index contributed by atoms with van der Waals surface area (Å²) in [5, 5.41) is 0.249. The highest BCUT2D eigenvalue weighted by atomic mass is 35.5. The molecule has 2 N–H and O–H groups in total. The molecule has 5 heteroatoms. The predicted octanol–water partition coefficient (Wildman–Crippen LogP) is 2.91. The average Bonchev–Trinajstić information content (AvgIpc) is 2.86. The van der Waals surface area contributed by atoms with E-state index in [1.165, 1.54) is 6.42 Å². The molecule has 0 aliphatic heterocycles. The van der Waals surface area contributed by atoms with Gasteiger partial charge in [0.1, 0.15) is 0 Å². The highest BCUT2D eigenvalue weighted by Gasteiger charge is 2.32. The van der Waals surface area contributed by atoms with Crippen LogP contribution in [0.25, 0.3) is 0 Å². The van der Waals surface area contributed by atoms with E-state index in [1.54, 1.807) is 12.1 Å². The van der Waals surface area contributed by atoms with Crippen LogP contribution in [-0.4, -0.2) is 29.9 Å². The summed E-state index contributed by atoms with van der Waals surface area (Å²) >= 11 is 5.74. The number of hydrogen-bond acceptors (Lipinski definition) is 3. The van der Waals surface area contributed by atoms with Crippen LogP contribution in [0.3, 0.4) is 0 Å². The van der Waals surface area contributed by atoms with Crippen molar-refractivity contribution in [2.24, 2.45) is 11.7 Å². The van der Waals surface area contributed by atoms with E-state index in [0.717, 1.165) is 19.3 Å². The molecule has 1 heterocycles. The van der Waals surface area contributed by atoms with Crippen molar-refractivity contribution in [3.8, 4) is 0 Å². The van der Waals surface area contributed by atoms with Crippen LogP contribution in [0.1, 0.15) is 43.2 Å². The van der Waals surface area contributed by atoms with Crippen molar-refractivity contribution in [1.82, 2.24) is 4.90 Å². The molecule has 0 saturated heterocycles. The minimum absolute atomic E-state index is 0.0836. The first-order chi connectivity index (χ1) is 9.17. The van der Waals surface area contributed by atoms with Gasteiger partial charge in [-0.2, -0.15) is 0 Å². The van der Waals surface area contributed by atoms with E-state index in [9.17, 15) is 4.79 Å². The van der Waals surface area contributed by atoms with Crippen LogP contribution in [0.4, 0.5) is 0 Å². The normalized spacial score (nSPS) is 23.3. The van der Waals surface area contributed by atoms with E-state index >= 15 is 0 Å². The maximum atomic E-state index is 12.5. The summed E-state index contributed by atoms with van der Waals surface area (Å²) in [6.45, 7) is 3.29. The van der Waals surface area contributed by atoms with Crippen molar-refractivity contribution in [2.75, 3.05) is 13.1 Å². The highest BCUT2D eigenvalue weighted by molar-refractivity contribution is 6.29. The molecule has 106 valence electrons. The van der Waals surface area contributed by atoms with E-state index in [-0.39, 0.29) is 17.2 Å². The Morgan fingerprint density at radius 1 is 1.47 bits per heavy atom. The van der Waals surface area contributed by atoms with Gasteiger partial charge in [0.05, 0.1) is 0 Å². The summed E-state index contributed by atoms with van der Waals surface area (Å²) in [6.07, 6.45) is 4.49. The van der Waals surface area contributed by atoms with E-state index in [4.69, 9.17) is 21.8 Å². The van der Waals surface area contributed by atoms with Gasteiger partial charge in [0, 0.05) is 12.6 Å². The lowest BCUT2D eigenvalue weighted by atomic mass is 9.83. The van der Waals surface area contributed by atoms with Gasteiger partial charge in [-0.25, -0.2) is 0 Å². The third kappa shape index (κ3) is 3.12. The van der Waals surface area contributed by atoms with Gasteiger partial charge >= 0.3 is 0 Å². The van der Waals surface area contributed by atoms with Gasteiger partial charge in [-0.1, -0.05) is 12.8 Å². The Balaban J connectivity index is 2.16. The topological polar surface area (TPSA) is 59.5 Å². The Morgan fingerprint density at radius 2 is 2.21 bits per heavy atom. The Morgan fingerprint density at radius 3 is 2.79 bits per heavy atom. The third-order valence-electron chi connectivity index (χ3n) is 3.96. The molecule has 19 heavy (non-hydrogen) atoms.